The Hall–Kier alpha value is -0.970. The van der Waals surface area contributed by atoms with Gasteiger partial charge in [0.15, 0.2) is 0 Å². The van der Waals surface area contributed by atoms with E-state index in [-0.39, 0.29) is 18.5 Å². The van der Waals surface area contributed by atoms with Crippen LogP contribution < -0.4 is 5.32 Å². The van der Waals surface area contributed by atoms with Crippen LogP contribution in [0.25, 0.3) is 0 Å². The zero-order valence-electron chi connectivity index (χ0n) is 12.9. The van der Waals surface area contributed by atoms with E-state index >= 15 is 0 Å². The number of nitrogens with zero attached hydrogens (tertiary/aromatic N) is 1. The van der Waals surface area contributed by atoms with Gasteiger partial charge in [-0.1, -0.05) is 18.2 Å². The summed E-state index contributed by atoms with van der Waals surface area (Å²) in [7, 11) is 0. The minimum Gasteiger partial charge on any atom is -0.395 e. The predicted molar refractivity (Wildman–Crippen MR) is 83.7 cm³/mol. The van der Waals surface area contributed by atoms with E-state index in [9.17, 15) is 9.50 Å². The molecule has 3 nitrogen and oxygen atoms in total. The first-order valence-corrected chi connectivity index (χ1v) is 8.05. The summed E-state index contributed by atoms with van der Waals surface area (Å²) in [5.41, 5.74) is 0.734. The highest BCUT2D eigenvalue weighted by molar-refractivity contribution is 5.20. The molecule has 0 spiro atoms. The number of unbranched alkanes of at least 4 members (excludes halogenated alkanes) is 1. The van der Waals surface area contributed by atoms with Crippen molar-refractivity contribution in [3.63, 3.8) is 0 Å². The SMILES string of the molecule is CC(NCCCCN1CCCC1CO)c1ccccc1F. The normalized spacial score (nSPS) is 20.8. The van der Waals surface area contributed by atoms with Crippen molar-refractivity contribution in [1.82, 2.24) is 10.2 Å². The van der Waals surface area contributed by atoms with Gasteiger partial charge in [0.05, 0.1) is 6.61 Å². The second kappa shape index (κ2) is 8.47. The minimum atomic E-state index is -0.139. The lowest BCUT2D eigenvalue weighted by atomic mass is 10.1. The van der Waals surface area contributed by atoms with Gasteiger partial charge >= 0.3 is 0 Å². The molecule has 118 valence electrons. The second-order valence-corrected chi connectivity index (χ2v) is 5.92. The molecule has 1 aliphatic heterocycles. The van der Waals surface area contributed by atoms with Gasteiger partial charge in [-0.05, 0) is 58.3 Å². The van der Waals surface area contributed by atoms with Gasteiger partial charge in [0.2, 0.25) is 0 Å². The Labute approximate surface area is 127 Å². The quantitative estimate of drug-likeness (QED) is 0.724. The molecule has 1 saturated heterocycles. The van der Waals surface area contributed by atoms with E-state index in [4.69, 9.17) is 0 Å². The molecule has 1 aromatic rings. The van der Waals surface area contributed by atoms with Crippen LogP contribution in [0.2, 0.25) is 0 Å². The van der Waals surface area contributed by atoms with Gasteiger partial charge in [-0.3, -0.25) is 4.90 Å². The second-order valence-electron chi connectivity index (χ2n) is 5.92. The number of benzene rings is 1. The summed E-state index contributed by atoms with van der Waals surface area (Å²) in [4.78, 5) is 2.39. The van der Waals surface area contributed by atoms with Crippen LogP contribution in [-0.2, 0) is 0 Å². The molecule has 1 fully saturated rings. The molecule has 1 heterocycles. The molecule has 0 bridgehead atoms. The van der Waals surface area contributed by atoms with Crippen molar-refractivity contribution in [3.05, 3.63) is 35.6 Å². The molecular weight excluding hydrogens is 267 g/mol. The van der Waals surface area contributed by atoms with Crippen LogP contribution in [0.1, 0.15) is 44.2 Å². The lowest BCUT2D eigenvalue weighted by molar-refractivity contribution is 0.157. The molecular formula is C17H27FN2O. The molecule has 2 atom stereocenters. The summed E-state index contributed by atoms with van der Waals surface area (Å²) < 4.78 is 13.6. The highest BCUT2D eigenvalue weighted by Crippen LogP contribution is 2.18. The van der Waals surface area contributed by atoms with E-state index in [0.717, 1.165) is 44.5 Å². The standard InChI is InChI=1S/C17H27FN2O/c1-14(16-8-2-3-9-17(16)18)19-10-4-5-11-20-12-6-7-15(20)13-21/h2-3,8-9,14-15,19,21H,4-7,10-13H2,1H3. The first-order valence-electron chi connectivity index (χ1n) is 8.05. The maximum Gasteiger partial charge on any atom is 0.127 e. The van der Waals surface area contributed by atoms with Crippen LogP contribution in [-0.4, -0.2) is 42.3 Å². The maximum atomic E-state index is 13.6. The van der Waals surface area contributed by atoms with Crippen molar-refractivity contribution in [2.24, 2.45) is 0 Å². The zero-order chi connectivity index (χ0) is 15.1. The van der Waals surface area contributed by atoms with Gasteiger partial charge in [-0.25, -0.2) is 4.39 Å². The molecule has 0 aromatic heterocycles. The molecule has 2 N–H and O–H groups in total. The summed E-state index contributed by atoms with van der Waals surface area (Å²) in [6.45, 7) is 5.35. The van der Waals surface area contributed by atoms with E-state index in [0.29, 0.717) is 6.04 Å². The number of rotatable bonds is 8. The first-order chi connectivity index (χ1) is 10.2. The summed E-state index contributed by atoms with van der Waals surface area (Å²) in [6, 6.07) is 7.36. The molecule has 0 radical (unpaired) electrons. The van der Waals surface area contributed by atoms with Gasteiger partial charge in [0, 0.05) is 17.6 Å². The van der Waals surface area contributed by atoms with Crippen molar-refractivity contribution in [2.45, 2.75) is 44.7 Å². The average Bonchev–Trinajstić information content (AvgIpc) is 2.94. The largest absolute Gasteiger partial charge is 0.395 e. The molecule has 21 heavy (non-hydrogen) atoms. The fourth-order valence-corrected chi connectivity index (χ4v) is 3.09. The number of aliphatic hydroxyl groups is 1. The Morgan fingerprint density at radius 2 is 2.19 bits per heavy atom. The van der Waals surface area contributed by atoms with Crippen molar-refractivity contribution in [3.8, 4) is 0 Å². The predicted octanol–water partition coefficient (Wildman–Crippen LogP) is 2.71. The van der Waals surface area contributed by atoms with Crippen molar-refractivity contribution >= 4 is 0 Å². The van der Waals surface area contributed by atoms with Gasteiger partial charge in [-0.15, -0.1) is 0 Å². The zero-order valence-corrected chi connectivity index (χ0v) is 12.9. The Bertz CT molecular complexity index is 427. The third-order valence-corrected chi connectivity index (χ3v) is 4.40. The Kier molecular flexibility index (Phi) is 6.61. The van der Waals surface area contributed by atoms with E-state index < -0.39 is 0 Å². The van der Waals surface area contributed by atoms with Gasteiger partial charge in [0.25, 0.3) is 0 Å². The highest BCUT2D eigenvalue weighted by Gasteiger charge is 2.22. The maximum absolute atomic E-state index is 13.6. The Morgan fingerprint density at radius 3 is 2.95 bits per heavy atom. The Balaban J connectivity index is 1.62. The van der Waals surface area contributed by atoms with Crippen LogP contribution in [0.15, 0.2) is 24.3 Å². The first kappa shape index (κ1) is 16.4. The fourth-order valence-electron chi connectivity index (χ4n) is 3.09. The molecule has 0 amide bonds. The van der Waals surface area contributed by atoms with Crippen molar-refractivity contribution < 1.29 is 9.50 Å². The topological polar surface area (TPSA) is 35.5 Å². The monoisotopic (exact) mass is 294 g/mol. The van der Waals surface area contributed by atoms with Crippen LogP contribution >= 0.6 is 0 Å². The van der Waals surface area contributed by atoms with Crippen LogP contribution in [0.3, 0.4) is 0 Å². The molecule has 1 aromatic carbocycles. The summed E-state index contributed by atoms with van der Waals surface area (Å²) in [5.74, 6) is -0.139. The van der Waals surface area contributed by atoms with Crippen LogP contribution in [0, 0.1) is 5.82 Å². The van der Waals surface area contributed by atoms with Gasteiger partial charge in [0.1, 0.15) is 5.82 Å². The molecule has 2 unspecified atom stereocenters. The van der Waals surface area contributed by atoms with Crippen molar-refractivity contribution in [2.75, 3.05) is 26.2 Å². The van der Waals surface area contributed by atoms with Gasteiger partial charge in [-0.2, -0.15) is 0 Å². The van der Waals surface area contributed by atoms with E-state index in [2.05, 4.69) is 10.2 Å². The molecule has 4 heteroatoms. The van der Waals surface area contributed by atoms with Gasteiger partial charge < -0.3 is 10.4 Å². The lowest BCUT2D eigenvalue weighted by Gasteiger charge is -2.22. The number of likely N-dealkylation sites (tertiary alicyclic amines) is 1. The summed E-state index contributed by atoms with van der Waals surface area (Å²) >= 11 is 0. The molecule has 0 aliphatic carbocycles. The third kappa shape index (κ3) is 4.77. The number of hydrogen-bond acceptors (Lipinski definition) is 3. The van der Waals surface area contributed by atoms with E-state index in [1.54, 1.807) is 6.07 Å². The van der Waals surface area contributed by atoms with E-state index in [1.807, 2.05) is 19.1 Å². The van der Waals surface area contributed by atoms with Crippen LogP contribution in [0.5, 0.6) is 0 Å². The third-order valence-electron chi connectivity index (χ3n) is 4.40. The number of hydrogen-bond donors (Lipinski definition) is 2. The number of aliphatic hydroxyl groups excluding tert-OH is 1. The smallest absolute Gasteiger partial charge is 0.127 e. The average molecular weight is 294 g/mol. The van der Waals surface area contributed by atoms with E-state index in [1.165, 1.54) is 12.5 Å². The minimum absolute atomic E-state index is 0.0446. The molecule has 1 aliphatic rings. The molecule has 0 saturated carbocycles. The highest BCUT2D eigenvalue weighted by atomic mass is 19.1. The summed E-state index contributed by atoms with van der Waals surface area (Å²) in [6.07, 6.45) is 4.52. The van der Waals surface area contributed by atoms with Crippen LogP contribution in [0.4, 0.5) is 4.39 Å². The lowest BCUT2D eigenvalue weighted by Crippen LogP contribution is -2.33. The van der Waals surface area contributed by atoms with Crippen molar-refractivity contribution in [1.29, 1.82) is 0 Å². The Morgan fingerprint density at radius 1 is 1.38 bits per heavy atom. The number of nitrogens with one attached hydrogen (secondary N) is 1. The molecule has 2 rings (SSSR count). The number of halogens is 1. The summed E-state index contributed by atoms with van der Waals surface area (Å²) in [5, 5.41) is 12.7. The fraction of sp³-hybridized carbons (Fsp3) is 0.647.